The van der Waals surface area contributed by atoms with E-state index in [0.29, 0.717) is 11.5 Å². The number of nitrogens with zero attached hydrogens (tertiary/aromatic N) is 4. The zero-order valence-electron chi connectivity index (χ0n) is 12.0. The molecule has 1 heterocycles. The normalized spacial score (nSPS) is 11.0. The molecule has 1 aromatic heterocycles. The van der Waals surface area contributed by atoms with E-state index in [9.17, 15) is 5.11 Å². The molecule has 6 heteroatoms. The molecule has 0 fully saturated rings. The van der Waals surface area contributed by atoms with Gasteiger partial charge in [0.25, 0.3) is 0 Å². The van der Waals surface area contributed by atoms with Gasteiger partial charge in [0.1, 0.15) is 11.4 Å². The number of benzene rings is 1. The van der Waals surface area contributed by atoms with E-state index in [2.05, 4.69) is 49.9 Å². The van der Waals surface area contributed by atoms with E-state index in [4.69, 9.17) is 0 Å². The molecule has 110 valence electrons. The van der Waals surface area contributed by atoms with Crippen LogP contribution >= 0.6 is 15.9 Å². The van der Waals surface area contributed by atoms with Crippen LogP contribution in [0.1, 0.15) is 13.8 Å². The van der Waals surface area contributed by atoms with Crippen LogP contribution in [0, 0.1) is 0 Å². The van der Waals surface area contributed by atoms with Gasteiger partial charge in [0.15, 0.2) is 5.82 Å². The zero-order chi connectivity index (χ0) is 15.2. The van der Waals surface area contributed by atoms with Crippen molar-refractivity contribution in [1.29, 1.82) is 0 Å². The van der Waals surface area contributed by atoms with Gasteiger partial charge in [-0.25, -0.2) is 4.98 Å². The molecule has 2 rings (SSSR count). The molecule has 0 unspecified atom stereocenters. The lowest BCUT2D eigenvalue weighted by Gasteiger charge is -2.22. The maximum Gasteiger partial charge on any atom is 0.174 e. The third-order valence-electron chi connectivity index (χ3n) is 3.04. The number of rotatable bonds is 5. The monoisotopic (exact) mass is 348 g/mol. The summed E-state index contributed by atoms with van der Waals surface area (Å²) in [4.78, 5) is 6.27. The van der Waals surface area contributed by atoms with Crippen LogP contribution < -0.4 is 4.90 Å². The number of anilines is 1. The van der Waals surface area contributed by atoms with E-state index in [1.807, 2.05) is 6.07 Å². The minimum Gasteiger partial charge on any atom is -0.508 e. The second-order valence-electron chi connectivity index (χ2n) is 4.38. The summed E-state index contributed by atoms with van der Waals surface area (Å²) < 4.78 is 0.898. The van der Waals surface area contributed by atoms with Crippen molar-refractivity contribution < 1.29 is 5.11 Å². The second-order valence-corrected chi connectivity index (χ2v) is 5.30. The predicted octanol–water partition coefficient (Wildman–Crippen LogP) is 4.81. The summed E-state index contributed by atoms with van der Waals surface area (Å²) in [6.45, 7) is 5.79. The highest BCUT2D eigenvalue weighted by Crippen LogP contribution is 2.33. The fourth-order valence-electron chi connectivity index (χ4n) is 1.95. The Labute approximate surface area is 132 Å². The van der Waals surface area contributed by atoms with Crippen molar-refractivity contribution in [2.75, 3.05) is 18.0 Å². The van der Waals surface area contributed by atoms with Crippen molar-refractivity contribution in [3.05, 3.63) is 41.0 Å². The van der Waals surface area contributed by atoms with E-state index in [-0.39, 0.29) is 5.75 Å². The van der Waals surface area contributed by atoms with Crippen LogP contribution in [0.5, 0.6) is 5.75 Å². The van der Waals surface area contributed by atoms with Crippen LogP contribution in [0.25, 0.3) is 0 Å². The SMILES string of the molecule is CCN(CC)c1cc(O)ccc1N=Nc1ccc(Br)cn1. The van der Waals surface area contributed by atoms with Gasteiger partial charge in [0, 0.05) is 29.8 Å². The molecular weight excluding hydrogens is 332 g/mol. The van der Waals surface area contributed by atoms with Gasteiger partial charge in [0.2, 0.25) is 0 Å². The van der Waals surface area contributed by atoms with Gasteiger partial charge in [-0.3, -0.25) is 0 Å². The number of hydrogen-bond donors (Lipinski definition) is 1. The van der Waals surface area contributed by atoms with Crippen molar-refractivity contribution in [2.45, 2.75) is 13.8 Å². The largest absolute Gasteiger partial charge is 0.508 e. The molecule has 0 saturated carbocycles. The molecule has 0 amide bonds. The smallest absolute Gasteiger partial charge is 0.174 e. The summed E-state index contributed by atoms with van der Waals surface area (Å²) in [6, 6.07) is 8.71. The highest BCUT2D eigenvalue weighted by atomic mass is 79.9. The average molecular weight is 349 g/mol. The number of phenols is 1. The number of phenolic OH excluding ortho intramolecular Hbond substituents is 1. The lowest BCUT2D eigenvalue weighted by atomic mass is 10.2. The molecule has 0 bridgehead atoms. The minimum absolute atomic E-state index is 0.220. The topological polar surface area (TPSA) is 61.1 Å². The molecule has 0 saturated heterocycles. The summed E-state index contributed by atoms with van der Waals surface area (Å²) >= 11 is 3.33. The van der Waals surface area contributed by atoms with E-state index in [1.54, 1.807) is 30.5 Å². The molecule has 1 aromatic carbocycles. The Morgan fingerprint density at radius 3 is 2.52 bits per heavy atom. The van der Waals surface area contributed by atoms with Crippen LogP contribution in [0.4, 0.5) is 17.2 Å². The Kier molecular flexibility index (Phi) is 5.27. The van der Waals surface area contributed by atoms with Gasteiger partial charge >= 0.3 is 0 Å². The lowest BCUT2D eigenvalue weighted by Crippen LogP contribution is -2.21. The Morgan fingerprint density at radius 1 is 1.14 bits per heavy atom. The maximum absolute atomic E-state index is 9.68. The molecule has 0 radical (unpaired) electrons. The summed E-state index contributed by atoms with van der Waals surface area (Å²) in [5.74, 6) is 0.759. The zero-order valence-corrected chi connectivity index (χ0v) is 13.6. The Bertz CT molecular complexity index is 624. The summed E-state index contributed by atoms with van der Waals surface area (Å²) in [7, 11) is 0. The maximum atomic E-state index is 9.68. The van der Waals surface area contributed by atoms with Gasteiger partial charge < -0.3 is 10.0 Å². The molecule has 1 N–H and O–H groups in total. The first-order chi connectivity index (χ1) is 10.1. The second kappa shape index (κ2) is 7.17. The minimum atomic E-state index is 0.220. The first-order valence-electron chi connectivity index (χ1n) is 6.75. The summed E-state index contributed by atoms with van der Waals surface area (Å²) in [5, 5.41) is 18.1. The van der Waals surface area contributed by atoms with Crippen LogP contribution in [0.2, 0.25) is 0 Å². The van der Waals surface area contributed by atoms with Gasteiger partial charge in [0.05, 0.1) is 5.69 Å². The van der Waals surface area contributed by atoms with Crippen molar-refractivity contribution in [1.82, 2.24) is 4.98 Å². The van der Waals surface area contributed by atoms with E-state index < -0.39 is 0 Å². The van der Waals surface area contributed by atoms with Crippen LogP contribution in [-0.2, 0) is 0 Å². The fraction of sp³-hybridized carbons (Fsp3) is 0.267. The molecule has 2 aromatic rings. The molecule has 0 spiro atoms. The molecule has 0 atom stereocenters. The molecule has 0 aliphatic rings. The van der Waals surface area contributed by atoms with E-state index >= 15 is 0 Å². The predicted molar refractivity (Wildman–Crippen MR) is 87.8 cm³/mol. The molecular formula is C15H17BrN4O. The van der Waals surface area contributed by atoms with Gasteiger partial charge in [-0.05, 0) is 54.0 Å². The number of halogens is 1. The first-order valence-corrected chi connectivity index (χ1v) is 7.54. The Hall–Kier alpha value is -1.95. The third kappa shape index (κ3) is 4.01. The van der Waals surface area contributed by atoms with E-state index in [0.717, 1.165) is 23.2 Å². The number of pyridine rings is 1. The fourth-order valence-corrected chi connectivity index (χ4v) is 2.18. The van der Waals surface area contributed by atoms with Crippen LogP contribution in [0.3, 0.4) is 0 Å². The standard InChI is InChI=1S/C15H17BrN4O/c1-3-20(4-2)14-9-12(21)6-7-13(14)18-19-15-8-5-11(16)10-17-15/h5-10,21H,3-4H2,1-2H3. The van der Waals surface area contributed by atoms with Crippen molar-refractivity contribution >= 4 is 33.1 Å². The van der Waals surface area contributed by atoms with Crippen molar-refractivity contribution in [3.8, 4) is 5.75 Å². The van der Waals surface area contributed by atoms with Gasteiger partial charge in [-0.1, -0.05) is 0 Å². The van der Waals surface area contributed by atoms with Gasteiger partial charge in [-0.2, -0.15) is 0 Å². The first kappa shape index (κ1) is 15.4. The third-order valence-corrected chi connectivity index (χ3v) is 3.50. The highest BCUT2D eigenvalue weighted by Gasteiger charge is 2.09. The summed E-state index contributed by atoms with van der Waals surface area (Å²) in [6.07, 6.45) is 1.68. The van der Waals surface area contributed by atoms with Crippen LogP contribution in [-0.4, -0.2) is 23.2 Å². The van der Waals surface area contributed by atoms with Crippen LogP contribution in [0.15, 0.2) is 51.2 Å². The molecule has 0 aliphatic heterocycles. The van der Waals surface area contributed by atoms with Gasteiger partial charge in [-0.15, -0.1) is 10.2 Å². The molecule has 0 aliphatic carbocycles. The quantitative estimate of drug-likeness (QED) is 0.788. The number of hydrogen-bond acceptors (Lipinski definition) is 5. The summed E-state index contributed by atoms with van der Waals surface area (Å²) in [5.41, 5.74) is 1.57. The Morgan fingerprint density at radius 2 is 1.90 bits per heavy atom. The number of aromatic hydroxyl groups is 1. The average Bonchev–Trinajstić information content (AvgIpc) is 2.49. The Balaban J connectivity index is 2.32. The highest BCUT2D eigenvalue weighted by molar-refractivity contribution is 9.10. The van der Waals surface area contributed by atoms with Crippen molar-refractivity contribution in [3.63, 3.8) is 0 Å². The lowest BCUT2D eigenvalue weighted by molar-refractivity contribution is 0.475. The van der Waals surface area contributed by atoms with E-state index in [1.165, 1.54) is 0 Å². The molecule has 5 nitrogen and oxygen atoms in total. The number of aromatic nitrogens is 1. The van der Waals surface area contributed by atoms with Crippen molar-refractivity contribution in [2.24, 2.45) is 10.2 Å². The molecule has 21 heavy (non-hydrogen) atoms. The number of azo groups is 1.